The van der Waals surface area contributed by atoms with Crippen molar-refractivity contribution in [3.05, 3.63) is 17.4 Å². The van der Waals surface area contributed by atoms with E-state index in [0.29, 0.717) is 29.9 Å². The van der Waals surface area contributed by atoms with E-state index in [2.05, 4.69) is 28.7 Å². The largest absolute Gasteiger partial charge is 0.378 e. The Hall–Kier alpha value is -0.960. The highest BCUT2D eigenvalue weighted by Crippen LogP contribution is 2.50. The number of rotatable bonds is 10. The zero-order chi connectivity index (χ0) is 24.3. The highest BCUT2D eigenvalue weighted by molar-refractivity contribution is 7.89. The maximum absolute atomic E-state index is 12.2. The van der Waals surface area contributed by atoms with Crippen LogP contribution in [-0.2, 0) is 14.8 Å². The molecule has 0 amide bonds. The minimum absolute atomic E-state index is 0.193. The quantitative estimate of drug-likeness (QED) is 0.460. The Balaban J connectivity index is 1.17. The van der Waals surface area contributed by atoms with Crippen LogP contribution in [0.25, 0.3) is 0 Å². The molecule has 3 fully saturated rings. The molecule has 3 aliphatic rings. The Morgan fingerprint density at radius 2 is 1.74 bits per heavy atom. The molecule has 0 spiro atoms. The summed E-state index contributed by atoms with van der Waals surface area (Å²) in [7, 11) is -3.07. The number of hydrogen-bond acceptors (Lipinski definition) is 6. The third-order valence-electron chi connectivity index (χ3n) is 8.19. The summed E-state index contributed by atoms with van der Waals surface area (Å²) in [4.78, 5) is 11.0. The van der Waals surface area contributed by atoms with Crippen molar-refractivity contribution in [3.8, 4) is 0 Å². The molecule has 1 aromatic rings. The molecule has 7 nitrogen and oxygen atoms in total. The Bertz CT molecular complexity index is 882. The van der Waals surface area contributed by atoms with Gasteiger partial charge in [-0.25, -0.2) is 22.7 Å². The number of piperidine rings is 2. The monoisotopic (exact) mass is 512 g/mol. The second-order valence-electron chi connectivity index (χ2n) is 10.7. The van der Waals surface area contributed by atoms with E-state index in [1.165, 1.54) is 19.3 Å². The van der Waals surface area contributed by atoms with Crippen LogP contribution in [0.1, 0.15) is 59.3 Å². The van der Waals surface area contributed by atoms with Crippen molar-refractivity contribution in [3.63, 3.8) is 0 Å². The van der Waals surface area contributed by atoms with E-state index in [1.54, 1.807) is 23.6 Å². The number of anilines is 1. The summed E-state index contributed by atoms with van der Waals surface area (Å²) in [5.74, 6) is 4.34. The minimum Gasteiger partial charge on any atom is -0.378 e. The van der Waals surface area contributed by atoms with Crippen LogP contribution in [0.3, 0.4) is 0 Å². The van der Waals surface area contributed by atoms with E-state index in [9.17, 15) is 8.42 Å². The molecule has 3 unspecified atom stereocenters. The molecule has 1 aliphatic carbocycles. The van der Waals surface area contributed by atoms with E-state index in [0.717, 1.165) is 62.7 Å². The van der Waals surface area contributed by atoms with Gasteiger partial charge in [0.1, 0.15) is 0 Å². The molecule has 34 heavy (non-hydrogen) atoms. The first-order valence-corrected chi connectivity index (χ1v) is 15.1. The molecule has 0 radical (unpaired) electrons. The molecule has 2 saturated heterocycles. The van der Waals surface area contributed by atoms with Gasteiger partial charge >= 0.3 is 0 Å². The Labute approximate surface area is 210 Å². The molecule has 192 valence electrons. The fourth-order valence-corrected chi connectivity index (χ4v) is 7.30. The van der Waals surface area contributed by atoms with Crippen LogP contribution >= 0.6 is 11.6 Å². The van der Waals surface area contributed by atoms with Crippen LogP contribution in [0.4, 0.5) is 5.95 Å². The van der Waals surface area contributed by atoms with E-state index in [1.807, 2.05) is 0 Å². The van der Waals surface area contributed by atoms with Crippen molar-refractivity contribution in [1.29, 1.82) is 0 Å². The first-order chi connectivity index (χ1) is 16.3. The number of nitrogens with zero attached hydrogens (tertiary/aromatic N) is 4. The third kappa shape index (κ3) is 6.42. The van der Waals surface area contributed by atoms with Gasteiger partial charge in [0.25, 0.3) is 0 Å². The summed E-state index contributed by atoms with van der Waals surface area (Å²) in [5.41, 5.74) is 0. The van der Waals surface area contributed by atoms with Gasteiger partial charge in [-0.05, 0) is 75.0 Å². The van der Waals surface area contributed by atoms with Crippen LogP contribution < -0.4 is 4.90 Å². The lowest BCUT2D eigenvalue weighted by atomic mass is 9.86. The number of aromatic nitrogens is 2. The van der Waals surface area contributed by atoms with Gasteiger partial charge in [0.15, 0.2) is 0 Å². The van der Waals surface area contributed by atoms with Gasteiger partial charge in [0.05, 0.1) is 29.3 Å². The van der Waals surface area contributed by atoms with Crippen LogP contribution in [0, 0.1) is 29.6 Å². The third-order valence-corrected chi connectivity index (χ3v) is 10.3. The van der Waals surface area contributed by atoms with Crippen molar-refractivity contribution in [2.45, 2.75) is 65.4 Å². The standard InChI is InChI=1S/C25H41ClN4O3S/c1-4-34(31,32)30-12-7-20(8-13-30)24(18(2)3)33-14-9-21-15-23(21)19-5-10-29(11-6-19)25-27-16-22(26)17-28-25/h16-21,23-24H,4-15H2,1-3H3. The summed E-state index contributed by atoms with van der Waals surface area (Å²) in [6, 6.07) is 0. The van der Waals surface area contributed by atoms with Crippen molar-refractivity contribution in [2.24, 2.45) is 29.6 Å². The smallest absolute Gasteiger partial charge is 0.225 e. The molecule has 4 rings (SSSR count). The minimum atomic E-state index is -3.07. The first-order valence-electron chi connectivity index (χ1n) is 13.1. The zero-order valence-electron chi connectivity index (χ0n) is 20.9. The summed E-state index contributed by atoms with van der Waals surface area (Å²) in [6.07, 6.45) is 10.3. The van der Waals surface area contributed by atoms with Gasteiger partial charge in [-0.1, -0.05) is 25.4 Å². The summed E-state index contributed by atoms with van der Waals surface area (Å²) in [5, 5.41) is 0.580. The molecule has 0 bridgehead atoms. The van der Waals surface area contributed by atoms with Crippen molar-refractivity contribution in [1.82, 2.24) is 14.3 Å². The number of hydrogen-bond donors (Lipinski definition) is 0. The summed E-state index contributed by atoms with van der Waals surface area (Å²) < 4.78 is 32.5. The molecule has 9 heteroatoms. The maximum atomic E-state index is 12.2. The molecule has 3 atom stereocenters. The van der Waals surface area contributed by atoms with E-state index < -0.39 is 10.0 Å². The van der Waals surface area contributed by atoms with Crippen LogP contribution in [-0.4, -0.2) is 67.3 Å². The lowest BCUT2D eigenvalue weighted by Crippen LogP contribution is -2.43. The number of sulfonamides is 1. The molecule has 1 saturated carbocycles. The van der Waals surface area contributed by atoms with Crippen molar-refractivity contribution in [2.75, 3.05) is 43.4 Å². The van der Waals surface area contributed by atoms with Crippen LogP contribution in [0.5, 0.6) is 0 Å². The fourth-order valence-electron chi connectivity index (χ4n) is 6.07. The molecular formula is C25H41ClN4O3S. The highest BCUT2D eigenvalue weighted by atomic mass is 35.5. The molecule has 3 heterocycles. The van der Waals surface area contributed by atoms with E-state index in [-0.39, 0.29) is 11.9 Å². The molecular weight excluding hydrogens is 472 g/mol. The number of ether oxygens (including phenoxy) is 1. The van der Waals surface area contributed by atoms with Gasteiger partial charge in [-0.2, -0.15) is 0 Å². The second kappa shape index (κ2) is 11.4. The maximum Gasteiger partial charge on any atom is 0.225 e. The first kappa shape index (κ1) is 26.1. The number of halogens is 1. The predicted octanol–water partition coefficient (Wildman–Crippen LogP) is 4.48. The fraction of sp³-hybridized carbons (Fsp3) is 0.840. The molecule has 0 N–H and O–H groups in total. The highest BCUT2D eigenvalue weighted by Gasteiger charge is 2.43. The van der Waals surface area contributed by atoms with E-state index >= 15 is 0 Å². The zero-order valence-corrected chi connectivity index (χ0v) is 22.5. The predicted molar refractivity (Wildman–Crippen MR) is 137 cm³/mol. The van der Waals surface area contributed by atoms with Gasteiger partial charge in [0, 0.05) is 32.8 Å². The van der Waals surface area contributed by atoms with Crippen LogP contribution in [0.2, 0.25) is 5.02 Å². The summed E-state index contributed by atoms with van der Waals surface area (Å²) in [6.45, 7) is 10.3. The Kier molecular flexibility index (Phi) is 8.75. The summed E-state index contributed by atoms with van der Waals surface area (Å²) >= 11 is 5.91. The molecule has 2 aliphatic heterocycles. The topological polar surface area (TPSA) is 75.6 Å². The average Bonchev–Trinajstić information content (AvgIpc) is 3.62. The lowest BCUT2D eigenvalue weighted by molar-refractivity contribution is -0.0333. The normalized spacial score (nSPS) is 26.2. The SMILES string of the molecule is CCS(=O)(=O)N1CCC(C(OCCC2CC2C2CCN(c3ncc(Cl)cn3)CC2)C(C)C)CC1. The molecule has 0 aromatic carbocycles. The average molecular weight is 513 g/mol. The van der Waals surface area contributed by atoms with Gasteiger partial charge < -0.3 is 9.64 Å². The van der Waals surface area contributed by atoms with Gasteiger partial charge in [-0.15, -0.1) is 0 Å². The van der Waals surface area contributed by atoms with Gasteiger partial charge in [-0.3, -0.25) is 0 Å². The van der Waals surface area contributed by atoms with Crippen LogP contribution in [0.15, 0.2) is 12.4 Å². The second-order valence-corrected chi connectivity index (χ2v) is 13.4. The molecule has 1 aromatic heterocycles. The Morgan fingerprint density at radius 1 is 1.09 bits per heavy atom. The Morgan fingerprint density at radius 3 is 2.32 bits per heavy atom. The van der Waals surface area contributed by atoms with Crippen molar-refractivity contribution >= 4 is 27.6 Å². The van der Waals surface area contributed by atoms with Crippen molar-refractivity contribution < 1.29 is 13.2 Å². The van der Waals surface area contributed by atoms with E-state index in [4.69, 9.17) is 16.3 Å². The lowest BCUT2D eigenvalue weighted by Gasteiger charge is -2.37. The van der Waals surface area contributed by atoms with Gasteiger partial charge in [0.2, 0.25) is 16.0 Å².